The van der Waals surface area contributed by atoms with Crippen LogP contribution in [0.3, 0.4) is 0 Å². The zero-order valence-electron chi connectivity index (χ0n) is 16.7. The van der Waals surface area contributed by atoms with Gasteiger partial charge in [-0.1, -0.05) is 12.1 Å². The van der Waals surface area contributed by atoms with Crippen LogP contribution < -0.4 is 15.0 Å². The topological polar surface area (TPSA) is 114 Å². The third-order valence-corrected chi connectivity index (χ3v) is 5.80. The summed E-state index contributed by atoms with van der Waals surface area (Å²) in [5, 5.41) is 13.7. The summed E-state index contributed by atoms with van der Waals surface area (Å²) in [4.78, 5) is 12.8. The Morgan fingerprint density at radius 1 is 1.20 bits per heavy atom. The van der Waals surface area contributed by atoms with Gasteiger partial charge in [0, 0.05) is 17.3 Å². The van der Waals surface area contributed by atoms with E-state index >= 15 is 0 Å². The van der Waals surface area contributed by atoms with E-state index in [4.69, 9.17) is 4.74 Å². The molecule has 30 heavy (non-hydrogen) atoms. The van der Waals surface area contributed by atoms with Crippen LogP contribution in [0.25, 0.3) is 16.8 Å². The number of hydrogen-bond donors (Lipinski definition) is 1. The maximum absolute atomic E-state index is 12.8. The molecule has 0 aliphatic heterocycles. The lowest BCUT2D eigenvalue weighted by molar-refractivity contribution is 0.413. The van der Waals surface area contributed by atoms with Gasteiger partial charge in [-0.2, -0.15) is 15.0 Å². The molecule has 0 unspecified atom stereocenters. The van der Waals surface area contributed by atoms with E-state index < -0.39 is 10.0 Å². The van der Waals surface area contributed by atoms with Crippen molar-refractivity contribution in [3.63, 3.8) is 0 Å². The van der Waals surface area contributed by atoms with E-state index in [1.54, 1.807) is 50.2 Å². The van der Waals surface area contributed by atoms with Crippen LogP contribution >= 0.6 is 0 Å². The molecular weight excluding hydrogens is 404 g/mol. The number of sulfonamides is 1. The number of nitriles is 1. The summed E-state index contributed by atoms with van der Waals surface area (Å²) >= 11 is 0. The molecule has 0 saturated carbocycles. The van der Waals surface area contributed by atoms with Crippen LogP contribution in [0, 0.1) is 18.3 Å². The van der Waals surface area contributed by atoms with E-state index in [9.17, 15) is 18.5 Å². The second-order valence-electron chi connectivity index (χ2n) is 6.48. The quantitative estimate of drug-likeness (QED) is 0.651. The summed E-state index contributed by atoms with van der Waals surface area (Å²) in [7, 11) is -1.95. The van der Waals surface area contributed by atoms with E-state index in [2.05, 4.69) is 9.82 Å². The lowest BCUT2D eigenvalue weighted by Gasteiger charge is -2.12. The molecule has 1 aromatic heterocycles. The summed E-state index contributed by atoms with van der Waals surface area (Å²) in [6.07, 6.45) is 0. The molecule has 0 fully saturated rings. The molecule has 0 aliphatic rings. The minimum absolute atomic E-state index is 0.0413. The predicted molar refractivity (Wildman–Crippen MR) is 114 cm³/mol. The number of aromatic nitrogens is 2. The molecule has 0 spiro atoms. The minimum Gasteiger partial charge on any atom is -0.495 e. The average Bonchev–Trinajstić information content (AvgIpc) is 2.74. The number of hydrogen-bond acceptors (Lipinski definition) is 6. The lowest BCUT2D eigenvalue weighted by atomic mass is 10.0. The van der Waals surface area contributed by atoms with Crippen molar-refractivity contribution in [2.24, 2.45) is 0 Å². The van der Waals surface area contributed by atoms with E-state index in [1.165, 1.54) is 23.9 Å². The second kappa shape index (κ2) is 8.39. The van der Waals surface area contributed by atoms with Crippen molar-refractivity contribution in [2.75, 3.05) is 17.6 Å². The standard InChI is InChI=1S/C21H20N4O4S/c1-4-30(27,28)24-17-7-5-6-15(10-17)19-12-21(26)25(23-14(19)2)18-8-9-20(29-3)16(11-18)13-22/h5-12,24H,4H2,1-3H3. The summed E-state index contributed by atoms with van der Waals surface area (Å²) in [5.74, 6) is 0.370. The van der Waals surface area contributed by atoms with Crippen LogP contribution in [-0.4, -0.2) is 31.1 Å². The first-order chi connectivity index (χ1) is 14.3. The predicted octanol–water partition coefficient (Wildman–Crippen LogP) is 2.85. The highest BCUT2D eigenvalue weighted by atomic mass is 32.2. The molecular formula is C21H20N4O4S. The molecule has 2 aromatic carbocycles. The summed E-state index contributed by atoms with van der Waals surface area (Å²) in [6.45, 7) is 3.31. The third kappa shape index (κ3) is 4.34. The van der Waals surface area contributed by atoms with E-state index in [0.717, 1.165) is 0 Å². The smallest absolute Gasteiger partial charge is 0.272 e. The van der Waals surface area contributed by atoms with Crippen molar-refractivity contribution in [2.45, 2.75) is 13.8 Å². The van der Waals surface area contributed by atoms with Crippen molar-refractivity contribution in [1.29, 1.82) is 5.26 Å². The summed E-state index contributed by atoms with van der Waals surface area (Å²) < 4.78 is 32.5. The van der Waals surface area contributed by atoms with Gasteiger partial charge in [-0.25, -0.2) is 8.42 Å². The Hall–Kier alpha value is -3.64. The zero-order valence-corrected chi connectivity index (χ0v) is 17.5. The number of aryl methyl sites for hydroxylation is 1. The largest absolute Gasteiger partial charge is 0.495 e. The number of nitrogens with one attached hydrogen (secondary N) is 1. The Morgan fingerprint density at radius 2 is 1.97 bits per heavy atom. The van der Waals surface area contributed by atoms with Crippen LogP contribution in [0.5, 0.6) is 5.75 Å². The van der Waals surface area contributed by atoms with Gasteiger partial charge in [0.1, 0.15) is 11.8 Å². The SMILES string of the molecule is CCS(=O)(=O)Nc1cccc(-c2cc(=O)n(-c3ccc(OC)c(C#N)c3)nc2C)c1. The molecule has 0 aliphatic carbocycles. The van der Waals surface area contributed by atoms with E-state index in [0.29, 0.717) is 39.5 Å². The maximum Gasteiger partial charge on any atom is 0.272 e. The third-order valence-electron chi connectivity index (χ3n) is 4.49. The fraction of sp³-hybridized carbons (Fsp3) is 0.190. The van der Waals surface area contributed by atoms with Gasteiger partial charge in [-0.3, -0.25) is 9.52 Å². The molecule has 1 heterocycles. The van der Waals surface area contributed by atoms with Crippen LogP contribution in [0.1, 0.15) is 18.2 Å². The molecule has 3 rings (SSSR count). The molecule has 154 valence electrons. The van der Waals surface area contributed by atoms with Crippen LogP contribution in [0.15, 0.2) is 53.3 Å². The Balaban J connectivity index is 2.05. The van der Waals surface area contributed by atoms with Gasteiger partial charge in [-0.05, 0) is 49.7 Å². The normalized spacial score (nSPS) is 11.0. The van der Waals surface area contributed by atoms with Crippen molar-refractivity contribution in [3.05, 3.63) is 70.1 Å². The molecule has 8 nitrogen and oxygen atoms in total. The first-order valence-electron chi connectivity index (χ1n) is 9.08. The van der Waals surface area contributed by atoms with Crippen molar-refractivity contribution >= 4 is 15.7 Å². The first kappa shape index (κ1) is 21.1. The van der Waals surface area contributed by atoms with Gasteiger partial charge in [0.05, 0.1) is 29.8 Å². The van der Waals surface area contributed by atoms with Gasteiger partial charge in [0.15, 0.2) is 0 Å². The fourth-order valence-electron chi connectivity index (χ4n) is 2.94. The zero-order chi connectivity index (χ0) is 21.9. The van der Waals surface area contributed by atoms with Gasteiger partial charge >= 0.3 is 0 Å². The number of benzene rings is 2. The second-order valence-corrected chi connectivity index (χ2v) is 8.49. The molecule has 0 bridgehead atoms. The monoisotopic (exact) mass is 424 g/mol. The molecule has 0 atom stereocenters. The van der Waals surface area contributed by atoms with Crippen molar-refractivity contribution in [3.8, 4) is 28.6 Å². The van der Waals surface area contributed by atoms with E-state index in [1.807, 2.05) is 6.07 Å². The van der Waals surface area contributed by atoms with Crippen molar-refractivity contribution < 1.29 is 13.2 Å². The molecule has 9 heteroatoms. The summed E-state index contributed by atoms with van der Waals surface area (Å²) in [6, 6.07) is 15.0. The van der Waals surface area contributed by atoms with Gasteiger partial charge in [-0.15, -0.1) is 0 Å². The van der Waals surface area contributed by atoms with Gasteiger partial charge in [0.2, 0.25) is 10.0 Å². The Labute approximate surface area is 174 Å². The highest BCUT2D eigenvalue weighted by Crippen LogP contribution is 2.25. The van der Waals surface area contributed by atoms with Gasteiger partial charge < -0.3 is 4.74 Å². The molecule has 0 amide bonds. The highest BCUT2D eigenvalue weighted by molar-refractivity contribution is 7.92. The van der Waals surface area contributed by atoms with Crippen LogP contribution in [0.2, 0.25) is 0 Å². The lowest BCUT2D eigenvalue weighted by Crippen LogP contribution is -2.22. The van der Waals surface area contributed by atoms with E-state index in [-0.39, 0.29) is 11.3 Å². The molecule has 0 radical (unpaired) electrons. The molecule has 1 N–H and O–H groups in total. The fourth-order valence-corrected chi connectivity index (χ4v) is 3.57. The number of rotatable bonds is 6. The Kier molecular flexibility index (Phi) is 5.89. The first-order valence-corrected chi connectivity index (χ1v) is 10.7. The van der Waals surface area contributed by atoms with Gasteiger partial charge in [0.25, 0.3) is 5.56 Å². The average molecular weight is 424 g/mol. The molecule has 3 aromatic rings. The number of nitrogens with zero attached hydrogens (tertiary/aromatic N) is 3. The van der Waals surface area contributed by atoms with Crippen LogP contribution in [0.4, 0.5) is 5.69 Å². The maximum atomic E-state index is 12.8. The van der Waals surface area contributed by atoms with Crippen molar-refractivity contribution in [1.82, 2.24) is 9.78 Å². The number of ether oxygens (including phenoxy) is 1. The Bertz CT molecular complexity index is 1310. The number of methoxy groups -OCH3 is 1. The summed E-state index contributed by atoms with van der Waals surface area (Å²) in [5.41, 5.74) is 2.57. The minimum atomic E-state index is -3.41. The number of anilines is 1. The highest BCUT2D eigenvalue weighted by Gasteiger charge is 2.13. The van der Waals surface area contributed by atoms with Crippen LogP contribution in [-0.2, 0) is 10.0 Å². The Morgan fingerprint density at radius 3 is 2.63 bits per heavy atom. The molecule has 0 saturated heterocycles.